The molecule has 2 N–H and O–H groups in total. The lowest BCUT2D eigenvalue weighted by atomic mass is 10.0. The van der Waals surface area contributed by atoms with Gasteiger partial charge in [0.2, 0.25) is 0 Å². The van der Waals surface area contributed by atoms with Crippen molar-refractivity contribution in [1.29, 1.82) is 0 Å². The van der Waals surface area contributed by atoms with Gasteiger partial charge in [0.25, 0.3) is 0 Å². The summed E-state index contributed by atoms with van der Waals surface area (Å²) in [4.78, 5) is 15.0. The van der Waals surface area contributed by atoms with Crippen LogP contribution in [0.1, 0.15) is 38.1 Å². The summed E-state index contributed by atoms with van der Waals surface area (Å²) in [6.07, 6.45) is -0.308. The fourth-order valence-corrected chi connectivity index (χ4v) is 2.37. The van der Waals surface area contributed by atoms with E-state index >= 15 is 0 Å². The average Bonchev–Trinajstić information content (AvgIpc) is 2.87. The Hall–Kier alpha value is -2.64. The van der Waals surface area contributed by atoms with Gasteiger partial charge in [0.05, 0.1) is 11.6 Å². The minimum Gasteiger partial charge on any atom is -0.444 e. The van der Waals surface area contributed by atoms with Crippen LogP contribution in [0.5, 0.6) is 0 Å². The molecule has 0 bridgehead atoms. The third kappa shape index (κ3) is 3.32. The SMILES string of the molecule is Cc1ccc(-n2nnc(C3CN(C(=O)OC(C)(C)C)C3)n2)cc1N. The van der Waals surface area contributed by atoms with Crippen LogP contribution in [0.4, 0.5) is 10.5 Å². The molecule has 0 unspecified atom stereocenters. The number of carbonyl (C=O) groups is 1. The second-order valence-corrected chi connectivity index (χ2v) is 7.06. The van der Waals surface area contributed by atoms with Gasteiger partial charge in [-0.25, -0.2) is 4.79 Å². The van der Waals surface area contributed by atoms with Gasteiger partial charge in [0.15, 0.2) is 5.82 Å². The average molecular weight is 330 g/mol. The Bertz CT molecular complexity index is 758. The van der Waals surface area contributed by atoms with Crippen LogP contribution in [0.25, 0.3) is 5.69 Å². The molecule has 0 saturated carbocycles. The van der Waals surface area contributed by atoms with E-state index in [1.54, 1.807) is 4.90 Å². The molecule has 1 amide bonds. The van der Waals surface area contributed by atoms with Gasteiger partial charge in [0, 0.05) is 18.8 Å². The minimum atomic E-state index is -0.491. The number of aromatic nitrogens is 4. The van der Waals surface area contributed by atoms with Gasteiger partial charge in [-0.05, 0) is 50.6 Å². The monoisotopic (exact) mass is 330 g/mol. The fourth-order valence-electron chi connectivity index (χ4n) is 2.37. The Morgan fingerprint density at radius 3 is 2.67 bits per heavy atom. The van der Waals surface area contributed by atoms with Crippen LogP contribution < -0.4 is 5.73 Å². The molecule has 1 aromatic heterocycles. The van der Waals surface area contributed by atoms with Crippen LogP contribution >= 0.6 is 0 Å². The number of tetrazole rings is 1. The lowest BCUT2D eigenvalue weighted by Gasteiger charge is -2.38. The minimum absolute atomic E-state index is 0.0778. The number of hydrogen-bond acceptors (Lipinski definition) is 6. The molecule has 3 rings (SSSR count). The molecule has 0 radical (unpaired) electrons. The first kappa shape index (κ1) is 16.2. The summed E-state index contributed by atoms with van der Waals surface area (Å²) < 4.78 is 5.34. The van der Waals surface area contributed by atoms with Crippen molar-refractivity contribution in [3.8, 4) is 5.69 Å². The molecule has 24 heavy (non-hydrogen) atoms. The number of carbonyl (C=O) groups excluding carboxylic acids is 1. The number of nitrogens with zero attached hydrogens (tertiary/aromatic N) is 5. The Morgan fingerprint density at radius 1 is 1.33 bits per heavy atom. The highest BCUT2D eigenvalue weighted by Gasteiger charge is 2.37. The summed E-state index contributed by atoms with van der Waals surface area (Å²) in [5, 5.41) is 12.6. The highest BCUT2D eigenvalue weighted by atomic mass is 16.6. The molecule has 128 valence electrons. The summed E-state index contributed by atoms with van der Waals surface area (Å²) in [5.41, 5.74) is 7.88. The second kappa shape index (κ2) is 5.77. The zero-order chi connectivity index (χ0) is 17.5. The largest absolute Gasteiger partial charge is 0.444 e. The van der Waals surface area contributed by atoms with E-state index in [1.807, 2.05) is 45.9 Å². The summed E-state index contributed by atoms with van der Waals surface area (Å²) in [7, 11) is 0. The molecule has 2 heterocycles. The first-order valence-corrected chi connectivity index (χ1v) is 7.87. The molecule has 8 heteroatoms. The molecule has 0 spiro atoms. The van der Waals surface area contributed by atoms with Crippen LogP contribution in [-0.4, -0.2) is 49.9 Å². The predicted octanol–water partition coefficient (Wildman–Crippen LogP) is 1.89. The Kier molecular flexibility index (Phi) is 3.90. The van der Waals surface area contributed by atoms with Gasteiger partial charge in [-0.3, -0.25) is 0 Å². The molecular weight excluding hydrogens is 308 g/mol. The lowest BCUT2D eigenvalue weighted by molar-refractivity contribution is 0.00750. The molecule has 1 aliphatic rings. The molecule has 8 nitrogen and oxygen atoms in total. The molecular formula is C16H22N6O2. The van der Waals surface area contributed by atoms with Crippen LogP contribution in [0.15, 0.2) is 18.2 Å². The van der Waals surface area contributed by atoms with Crippen LogP contribution in [0.3, 0.4) is 0 Å². The first-order chi connectivity index (χ1) is 11.2. The Labute approximate surface area is 140 Å². The summed E-state index contributed by atoms with van der Waals surface area (Å²) in [6, 6.07) is 5.63. The van der Waals surface area contributed by atoms with Gasteiger partial charge in [-0.2, -0.15) is 0 Å². The number of nitrogen functional groups attached to an aromatic ring is 1. The summed E-state index contributed by atoms with van der Waals surface area (Å²) >= 11 is 0. The number of amides is 1. The van der Waals surface area contributed by atoms with E-state index in [-0.39, 0.29) is 12.0 Å². The summed E-state index contributed by atoms with van der Waals surface area (Å²) in [5.74, 6) is 0.697. The third-order valence-electron chi connectivity index (χ3n) is 3.82. The van der Waals surface area contributed by atoms with Gasteiger partial charge in [-0.1, -0.05) is 6.07 Å². The first-order valence-electron chi connectivity index (χ1n) is 7.87. The van der Waals surface area contributed by atoms with Crippen molar-refractivity contribution in [3.63, 3.8) is 0 Å². The van der Waals surface area contributed by atoms with Crippen molar-refractivity contribution < 1.29 is 9.53 Å². The molecule has 1 fully saturated rings. The van der Waals surface area contributed by atoms with E-state index in [1.165, 1.54) is 4.80 Å². The Morgan fingerprint density at radius 2 is 2.04 bits per heavy atom. The highest BCUT2D eigenvalue weighted by molar-refractivity contribution is 5.69. The predicted molar refractivity (Wildman–Crippen MR) is 88.9 cm³/mol. The van der Waals surface area contributed by atoms with E-state index < -0.39 is 5.60 Å². The third-order valence-corrected chi connectivity index (χ3v) is 3.82. The van der Waals surface area contributed by atoms with Crippen molar-refractivity contribution in [2.24, 2.45) is 0 Å². The van der Waals surface area contributed by atoms with E-state index in [0.717, 1.165) is 11.3 Å². The van der Waals surface area contributed by atoms with Crippen molar-refractivity contribution in [3.05, 3.63) is 29.6 Å². The number of nitrogens with two attached hydrogens (primary N) is 1. The number of benzene rings is 1. The van der Waals surface area contributed by atoms with Gasteiger partial charge < -0.3 is 15.4 Å². The van der Waals surface area contributed by atoms with Crippen LogP contribution in [0.2, 0.25) is 0 Å². The van der Waals surface area contributed by atoms with E-state index in [2.05, 4.69) is 15.4 Å². The zero-order valence-corrected chi connectivity index (χ0v) is 14.4. The number of rotatable bonds is 2. The molecule has 0 atom stereocenters. The zero-order valence-electron chi connectivity index (χ0n) is 14.4. The van der Waals surface area contributed by atoms with E-state index in [0.29, 0.717) is 24.6 Å². The molecule has 1 saturated heterocycles. The number of ether oxygens (including phenoxy) is 1. The number of likely N-dealkylation sites (tertiary alicyclic amines) is 1. The van der Waals surface area contributed by atoms with E-state index in [9.17, 15) is 4.79 Å². The maximum atomic E-state index is 11.9. The van der Waals surface area contributed by atoms with E-state index in [4.69, 9.17) is 10.5 Å². The number of hydrogen-bond donors (Lipinski definition) is 1. The molecule has 2 aromatic rings. The summed E-state index contributed by atoms with van der Waals surface area (Å²) in [6.45, 7) is 8.57. The van der Waals surface area contributed by atoms with Crippen LogP contribution in [-0.2, 0) is 4.74 Å². The van der Waals surface area contributed by atoms with Crippen molar-refractivity contribution in [1.82, 2.24) is 25.1 Å². The van der Waals surface area contributed by atoms with Crippen molar-refractivity contribution >= 4 is 11.8 Å². The smallest absolute Gasteiger partial charge is 0.410 e. The van der Waals surface area contributed by atoms with Crippen LogP contribution in [0, 0.1) is 6.92 Å². The van der Waals surface area contributed by atoms with Crippen molar-refractivity contribution in [2.45, 2.75) is 39.2 Å². The second-order valence-electron chi connectivity index (χ2n) is 7.06. The Balaban J connectivity index is 1.63. The van der Waals surface area contributed by atoms with Gasteiger partial charge in [-0.15, -0.1) is 15.0 Å². The molecule has 0 aliphatic carbocycles. The maximum absolute atomic E-state index is 11.9. The van der Waals surface area contributed by atoms with Gasteiger partial charge in [0.1, 0.15) is 5.60 Å². The standard InChI is InChI=1S/C16H22N6O2/c1-10-5-6-12(7-13(10)17)22-19-14(18-20-22)11-8-21(9-11)15(23)24-16(2,3)4/h5-7,11H,8-9,17H2,1-4H3. The highest BCUT2D eigenvalue weighted by Crippen LogP contribution is 2.26. The maximum Gasteiger partial charge on any atom is 0.410 e. The fraction of sp³-hybridized carbons (Fsp3) is 0.500. The lowest BCUT2D eigenvalue weighted by Crippen LogP contribution is -2.50. The topological polar surface area (TPSA) is 99.2 Å². The number of aryl methyl sites for hydroxylation is 1. The normalized spacial score (nSPS) is 15.2. The quantitative estimate of drug-likeness (QED) is 0.844. The molecule has 1 aromatic carbocycles. The molecule has 1 aliphatic heterocycles. The number of anilines is 1. The van der Waals surface area contributed by atoms with Crippen molar-refractivity contribution in [2.75, 3.05) is 18.8 Å². The van der Waals surface area contributed by atoms with Gasteiger partial charge >= 0.3 is 6.09 Å².